The molecule has 40 heavy (non-hydrogen) atoms. The van der Waals surface area contributed by atoms with E-state index in [1.165, 1.54) is 6.07 Å². The second kappa shape index (κ2) is 9.88. The van der Waals surface area contributed by atoms with Gasteiger partial charge < -0.3 is 19.7 Å². The van der Waals surface area contributed by atoms with Gasteiger partial charge >= 0.3 is 0 Å². The van der Waals surface area contributed by atoms with Crippen LogP contribution in [-0.4, -0.2) is 72.9 Å². The maximum atomic E-state index is 15.0. The van der Waals surface area contributed by atoms with E-state index in [2.05, 4.69) is 37.2 Å². The normalized spacial score (nSPS) is 19.1. The van der Waals surface area contributed by atoms with Gasteiger partial charge in [0.05, 0.1) is 23.0 Å². The van der Waals surface area contributed by atoms with Crippen LogP contribution in [0.25, 0.3) is 22.3 Å². The van der Waals surface area contributed by atoms with Gasteiger partial charge in [-0.3, -0.25) is 4.79 Å². The topological polar surface area (TPSA) is 92.1 Å². The highest BCUT2D eigenvalue weighted by Gasteiger charge is 2.38. The van der Waals surface area contributed by atoms with Crippen LogP contribution in [0.1, 0.15) is 48.2 Å². The molecule has 0 spiro atoms. The van der Waals surface area contributed by atoms with E-state index >= 15 is 4.39 Å². The number of rotatable bonds is 5. The van der Waals surface area contributed by atoms with Crippen molar-refractivity contribution in [3.05, 3.63) is 59.2 Å². The Kier molecular flexibility index (Phi) is 6.48. The lowest BCUT2D eigenvalue weighted by molar-refractivity contribution is 0.0674. The van der Waals surface area contributed by atoms with E-state index in [1.807, 2.05) is 30.2 Å². The number of fused-ring (bicyclic) bond motifs is 3. The van der Waals surface area contributed by atoms with Gasteiger partial charge in [0.15, 0.2) is 11.6 Å². The molecule has 3 aromatic heterocycles. The molecule has 2 unspecified atom stereocenters. The molecule has 1 aromatic carbocycles. The molecular formula is C29H32F2N8O. The SMILES string of the molecule is Cc1nc(Nc2ncc(F)c(-c3cc(F)c4nc(C)n(C(C)C)c4c3)n2)ccc1C(=O)N1CC2CC(C1)N(C)C2. The van der Waals surface area contributed by atoms with Gasteiger partial charge in [-0.1, -0.05) is 0 Å². The Balaban J connectivity index is 1.26. The van der Waals surface area contributed by atoms with Crippen LogP contribution in [0.4, 0.5) is 20.5 Å². The van der Waals surface area contributed by atoms with Gasteiger partial charge in [-0.05, 0) is 71.3 Å². The Morgan fingerprint density at radius 1 is 1.05 bits per heavy atom. The second-order valence-electron chi connectivity index (χ2n) is 11.2. The van der Waals surface area contributed by atoms with E-state index in [4.69, 9.17) is 0 Å². The number of likely N-dealkylation sites (tertiary alicyclic amines) is 2. The predicted octanol–water partition coefficient (Wildman–Crippen LogP) is 4.88. The highest BCUT2D eigenvalue weighted by molar-refractivity contribution is 5.95. The number of hydrogen-bond donors (Lipinski definition) is 1. The number of likely N-dealkylation sites (N-methyl/N-ethyl adjacent to an activating group) is 1. The highest BCUT2D eigenvalue weighted by Crippen LogP contribution is 2.31. The minimum atomic E-state index is -0.678. The number of benzene rings is 1. The van der Waals surface area contributed by atoms with Crippen LogP contribution in [0.15, 0.2) is 30.5 Å². The monoisotopic (exact) mass is 546 g/mol. The molecule has 4 aromatic rings. The molecule has 1 N–H and O–H groups in total. The first-order valence-electron chi connectivity index (χ1n) is 13.5. The van der Waals surface area contributed by atoms with Crippen molar-refractivity contribution in [2.75, 3.05) is 32.0 Å². The van der Waals surface area contributed by atoms with E-state index in [9.17, 15) is 9.18 Å². The van der Waals surface area contributed by atoms with E-state index in [1.54, 1.807) is 25.1 Å². The molecule has 1 amide bonds. The number of nitrogens with one attached hydrogen (secondary N) is 1. The molecule has 2 aliphatic heterocycles. The summed E-state index contributed by atoms with van der Waals surface area (Å²) in [5.41, 5.74) is 2.17. The van der Waals surface area contributed by atoms with Crippen LogP contribution in [0.5, 0.6) is 0 Å². The number of carbonyl (C=O) groups excluding carboxylic acids is 1. The minimum Gasteiger partial charge on any atom is -0.337 e. The van der Waals surface area contributed by atoms with Gasteiger partial charge in [-0.15, -0.1) is 0 Å². The first-order valence-corrected chi connectivity index (χ1v) is 13.5. The summed E-state index contributed by atoms with van der Waals surface area (Å²) in [4.78, 5) is 34.8. The van der Waals surface area contributed by atoms with E-state index < -0.39 is 11.6 Å². The summed E-state index contributed by atoms with van der Waals surface area (Å²) >= 11 is 0. The average Bonchev–Trinajstić information content (AvgIpc) is 3.38. The third-order valence-electron chi connectivity index (χ3n) is 7.99. The third-order valence-corrected chi connectivity index (χ3v) is 7.99. The highest BCUT2D eigenvalue weighted by atomic mass is 19.1. The third kappa shape index (κ3) is 4.57. The largest absolute Gasteiger partial charge is 0.337 e. The lowest BCUT2D eigenvalue weighted by Gasteiger charge is -2.32. The maximum absolute atomic E-state index is 15.0. The molecule has 0 saturated carbocycles. The van der Waals surface area contributed by atoms with Crippen LogP contribution in [0.3, 0.4) is 0 Å². The number of pyridine rings is 1. The van der Waals surface area contributed by atoms with Crippen LogP contribution in [0, 0.1) is 31.4 Å². The molecule has 5 heterocycles. The van der Waals surface area contributed by atoms with Gasteiger partial charge in [0.25, 0.3) is 5.91 Å². The number of amides is 1. The molecule has 0 aliphatic carbocycles. The zero-order valence-electron chi connectivity index (χ0n) is 23.2. The Hall–Kier alpha value is -3.99. The Morgan fingerprint density at radius 2 is 1.85 bits per heavy atom. The van der Waals surface area contributed by atoms with Gasteiger partial charge in [-0.2, -0.15) is 0 Å². The van der Waals surface area contributed by atoms with Crippen molar-refractivity contribution in [3.8, 4) is 11.3 Å². The van der Waals surface area contributed by atoms with Crippen LogP contribution in [0.2, 0.25) is 0 Å². The molecule has 2 saturated heterocycles. The molecule has 208 valence electrons. The van der Waals surface area contributed by atoms with Gasteiger partial charge in [0.2, 0.25) is 5.95 Å². The fraction of sp³-hybridized carbons (Fsp3) is 0.414. The maximum Gasteiger partial charge on any atom is 0.255 e. The number of aryl methyl sites for hydroxylation is 2. The van der Waals surface area contributed by atoms with Crippen molar-refractivity contribution < 1.29 is 13.6 Å². The Morgan fingerprint density at radius 3 is 2.58 bits per heavy atom. The summed E-state index contributed by atoms with van der Waals surface area (Å²) < 4.78 is 31.8. The lowest BCUT2D eigenvalue weighted by atomic mass is 9.99. The van der Waals surface area contributed by atoms with Crippen molar-refractivity contribution in [1.29, 1.82) is 0 Å². The van der Waals surface area contributed by atoms with Gasteiger partial charge in [0, 0.05) is 37.3 Å². The Labute approximate surface area is 231 Å². The number of hydrogen-bond acceptors (Lipinski definition) is 7. The van der Waals surface area contributed by atoms with Crippen LogP contribution in [-0.2, 0) is 0 Å². The molecule has 6 rings (SSSR count). The summed E-state index contributed by atoms with van der Waals surface area (Å²) in [6.45, 7) is 10.1. The summed E-state index contributed by atoms with van der Waals surface area (Å²) in [7, 11) is 2.12. The molecule has 0 radical (unpaired) electrons. The summed E-state index contributed by atoms with van der Waals surface area (Å²) in [5.74, 6) is 0.463. The first-order chi connectivity index (χ1) is 19.1. The van der Waals surface area contributed by atoms with Crippen molar-refractivity contribution >= 4 is 28.7 Å². The van der Waals surface area contributed by atoms with Crippen molar-refractivity contribution in [2.24, 2.45) is 5.92 Å². The molecule has 9 nitrogen and oxygen atoms in total. The smallest absolute Gasteiger partial charge is 0.255 e. The number of anilines is 2. The van der Waals surface area contributed by atoms with E-state index in [-0.39, 0.29) is 34.7 Å². The fourth-order valence-electron chi connectivity index (χ4n) is 6.18. The zero-order chi connectivity index (χ0) is 28.3. The fourth-order valence-corrected chi connectivity index (χ4v) is 6.18. The number of imidazole rings is 1. The van der Waals surface area contributed by atoms with Crippen LogP contribution < -0.4 is 5.32 Å². The van der Waals surface area contributed by atoms with Gasteiger partial charge in [-0.25, -0.2) is 28.7 Å². The van der Waals surface area contributed by atoms with Crippen LogP contribution >= 0.6 is 0 Å². The number of aromatic nitrogens is 5. The average molecular weight is 547 g/mol. The lowest BCUT2D eigenvalue weighted by Crippen LogP contribution is -2.45. The van der Waals surface area contributed by atoms with Crippen molar-refractivity contribution in [1.82, 2.24) is 34.3 Å². The first kappa shape index (κ1) is 26.2. The predicted molar refractivity (Wildman–Crippen MR) is 148 cm³/mol. The number of nitrogens with zero attached hydrogens (tertiary/aromatic N) is 7. The minimum absolute atomic E-state index is 0.0184. The quantitative estimate of drug-likeness (QED) is 0.381. The number of piperidine rings is 1. The summed E-state index contributed by atoms with van der Waals surface area (Å²) in [6.07, 6.45) is 2.19. The van der Waals surface area contributed by atoms with Crippen molar-refractivity contribution in [2.45, 2.75) is 46.2 Å². The second-order valence-corrected chi connectivity index (χ2v) is 11.2. The number of halogens is 2. The zero-order valence-corrected chi connectivity index (χ0v) is 23.2. The van der Waals surface area contributed by atoms with Crippen molar-refractivity contribution in [3.63, 3.8) is 0 Å². The number of carbonyl (C=O) groups is 1. The van der Waals surface area contributed by atoms with E-state index in [0.29, 0.717) is 40.4 Å². The molecule has 2 bridgehead atoms. The van der Waals surface area contributed by atoms with E-state index in [0.717, 1.165) is 32.3 Å². The molecule has 2 atom stereocenters. The molecule has 2 fully saturated rings. The molecule has 2 aliphatic rings. The molecular weight excluding hydrogens is 514 g/mol. The van der Waals surface area contributed by atoms with Gasteiger partial charge in [0.1, 0.15) is 22.9 Å². The standard InChI is InChI=1S/C29H32F2N8O/c1-15(2)39-17(4)34-27-22(30)9-19(10-24(27)39)26-23(31)11-32-29(36-26)35-25-7-6-21(16(3)33-25)28(40)38-13-18-8-20(14-38)37(5)12-18/h6-7,9-11,15,18,20H,8,12-14H2,1-5H3,(H,32,33,35,36). The summed E-state index contributed by atoms with van der Waals surface area (Å²) in [6, 6.07) is 6.82. The molecule has 11 heteroatoms. The summed E-state index contributed by atoms with van der Waals surface area (Å²) in [5, 5.41) is 3.00. The Bertz CT molecular complexity index is 1630.